The van der Waals surface area contributed by atoms with E-state index >= 15 is 0 Å². The summed E-state index contributed by atoms with van der Waals surface area (Å²) in [6, 6.07) is 0. The predicted octanol–water partition coefficient (Wildman–Crippen LogP) is 1.78. The molecule has 63 valence electrons. The minimum Gasteiger partial charge on any atom is -0.813 e. The molecular weight excluding hydrogens is 310 g/mol. The van der Waals surface area contributed by atoms with Gasteiger partial charge in [0.1, 0.15) is 0 Å². The van der Waals surface area contributed by atoms with Crippen molar-refractivity contribution in [2.75, 3.05) is 13.6 Å². The Kier molecular flexibility index (Phi) is 57.7. The van der Waals surface area contributed by atoms with Gasteiger partial charge in [0.15, 0.2) is 0 Å². The molecule has 0 saturated heterocycles. The second-order valence-corrected chi connectivity index (χ2v) is 1.24. The Morgan fingerprint density at radius 1 is 1.44 bits per heavy atom. The summed E-state index contributed by atoms with van der Waals surface area (Å²) in [6.45, 7) is 3.03. The van der Waals surface area contributed by atoms with Gasteiger partial charge in [-0.3, -0.25) is 0 Å². The van der Waals surface area contributed by atoms with E-state index in [1.54, 1.807) is 0 Å². The third kappa shape index (κ3) is 27.7. The van der Waals surface area contributed by atoms with Gasteiger partial charge in [0.25, 0.3) is 0 Å². The van der Waals surface area contributed by atoms with Gasteiger partial charge >= 0.3 is 0 Å². The molecule has 0 bridgehead atoms. The van der Waals surface area contributed by atoms with Crippen molar-refractivity contribution in [1.29, 1.82) is 0 Å². The van der Waals surface area contributed by atoms with Crippen LogP contribution in [0.3, 0.4) is 0 Å². The van der Waals surface area contributed by atoms with Gasteiger partial charge in [0.2, 0.25) is 0 Å². The molecule has 0 aromatic rings. The molecule has 0 aromatic heterocycles. The first-order chi connectivity index (χ1) is 2.91. The Hall–Kier alpha value is 0.959. The second-order valence-electron chi connectivity index (χ2n) is 1.24. The summed E-state index contributed by atoms with van der Waals surface area (Å²) in [5.41, 5.74) is 0. The van der Waals surface area contributed by atoms with Crippen LogP contribution in [0, 0.1) is 13.8 Å². The van der Waals surface area contributed by atoms with Crippen LogP contribution in [0.25, 0.3) is 5.32 Å². The van der Waals surface area contributed by atoms with Gasteiger partial charge < -0.3 is 32.7 Å². The maximum Gasteiger partial charge on any atom is 0 e. The largest absolute Gasteiger partial charge is 0.813 e. The van der Waals surface area contributed by atoms with E-state index in [9.17, 15) is 0 Å². The van der Waals surface area contributed by atoms with Crippen molar-refractivity contribution in [2.45, 2.75) is 13.3 Å². The van der Waals surface area contributed by atoms with E-state index < -0.39 is 0 Å². The summed E-state index contributed by atoms with van der Waals surface area (Å²) in [5, 5.41) is 3.89. The predicted molar refractivity (Wildman–Crippen MR) is 43.9 cm³/mol. The van der Waals surface area contributed by atoms with Gasteiger partial charge in [-0.05, 0) is 0 Å². The molecule has 0 aromatic carbocycles. The standard InChI is InChI=1S/C5H11N.CH3.Ir.H2S/c1-3-4-5-6-2;;;/h3H,4-5H2,1-2H3;1H3;;1H2/q-2;-1;;/p-1. The summed E-state index contributed by atoms with van der Waals surface area (Å²) in [4.78, 5) is 0. The summed E-state index contributed by atoms with van der Waals surface area (Å²) in [6.07, 6.45) is 3.24. The van der Waals surface area contributed by atoms with Crippen LogP contribution in [0.4, 0.5) is 0 Å². The SMILES string of the molecule is C[CH-]CC[N-]C.[CH3-].[Ir].[SH-]. The molecule has 0 saturated carbocycles. The molecule has 9 heavy (non-hydrogen) atoms. The summed E-state index contributed by atoms with van der Waals surface area (Å²) in [5.74, 6) is 0. The minimum atomic E-state index is 0. The smallest absolute Gasteiger partial charge is 0 e. The van der Waals surface area contributed by atoms with Gasteiger partial charge in [0, 0.05) is 20.1 Å². The van der Waals surface area contributed by atoms with Gasteiger partial charge in [-0.2, -0.15) is 26.9 Å². The van der Waals surface area contributed by atoms with Crippen molar-refractivity contribution < 1.29 is 20.1 Å². The quantitative estimate of drug-likeness (QED) is 0.334. The Bertz CT molecular complexity index is 25.0. The van der Waals surface area contributed by atoms with Crippen molar-refractivity contribution >= 4 is 13.5 Å². The fraction of sp³-hybridized carbons (Fsp3) is 0.667. The number of unbranched alkanes of at least 4 members (excludes halogenated alkanes) is 1. The second kappa shape index (κ2) is 23.1. The van der Waals surface area contributed by atoms with Crippen LogP contribution in [0.15, 0.2) is 0 Å². The molecule has 0 aliphatic rings. The number of nitrogens with zero attached hydrogens (tertiary/aromatic N) is 1. The molecule has 0 fully saturated rings. The molecule has 0 amide bonds. The normalized spacial score (nSPS) is 6.00. The fourth-order valence-electron chi connectivity index (χ4n) is 0.258. The average Bonchev–Trinajstić information content (AvgIpc) is 1.61. The van der Waals surface area contributed by atoms with Gasteiger partial charge in [-0.1, -0.05) is 0 Å². The van der Waals surface area contributed by atoms with E-state index in [-0.39, 0.29) is 41.0 Å². The van der Waals surface area contributed by atoms with Crippen molar-refractivity contribution in [1.82, 2.24) is 0 Å². The Morgan fingerprint density at radius 2 is 1.89 bits per heavy atom. The van der Waals surface area contributed by atoms with Crippen molar-refractivity contribution in [3.05, 3.63) is 19.2 Å². The van der Waals surface area contributed by atoms with Gasteiger partial charge in [-0.15, -0.1) is 0 Å². The first-order valence-corrected chi connectivity index (χ1v) is 2.25. The first-order valence-electron chi connectivity index (χ1n) is 2.25. The average molecular weight is 325 g/mol. The molecule has 0 N–H and O–H groups in total. The minimum absolute atomic E-state index is 0. The molecule has 1 nitrogen and oxygen atoms in total. The third-order valence-electron chi connectivity index (χ3n) is 0.641. The van der Waals surface area contributed by atoms with E-state index in [1.807, 2.05) is 14.0 Å². The van der Waals surface area contributed by atoms with Crippen LogP contribution in [0.1, 0.15) is 13.3 Å². The zero-order valence-electron chi connectivity index (χ0n) is 6.22. The van der Waals surface area contributed by atoms with Gasteiger partial charge in [-0.25, -0.2) is 0 Å². The Labute approximate surface area is 79.8 Å². The monoisotopic (exact) mass is 326 g/mol. The fourth-order valence-corrected chi connectivity index (χ4v) is 0.258. The molecule has 0 unspecified atom stereocenters. The maximum atomic E-state index is 3.89. The zero-order valence-corrected chi connectivity index (χ0v) is 9.51. The number of rotatable bonds is 3. The van der Waals surface area contributed by atoms with E-state index in [2.05, 4.69) is 11.7 Å². The molecule has 3 heteroatoms. The van der Waals surface area contributed by atoms with Gasteiger partial charge in [0.05, 0.1) is 0 Å². The Balaban J connectivity index is -0.0000000417. The van der Waals surface area contributed by atoms with Crippen LogP contribution >= 0.6 is 0 Å². The van der Waals surface area contributed by atoms with E-state index in [1.165, 1.54) is 0 Å². The summed E-state index contributed by atoms with van der Waals surface area (Å²) < 4.78 is 0. The molecular formula is C6H15IrNS-4. The molecule has 1 radical (unpaired) electrons. The Morgan fingerprint density at radius 3 is 2.00 bits per heavy atom. The molecule has 0 spiro atoms. The molecule has 0 aliphatic heterocycles. The van der Waals surface area contributed by atoms with Crippen LogP contribution in [0.5, 0.6) is 0 Å². The van der Waals surface area contributed by atoms with E-state index in [4.69, 9.17) is 0 Å². The summed E-state index contributed by atoms with van der Waals surface area (Å²) >= 11 is 0. The molecule has 0 aliphatic carbocycles. The van der Waals surface area contributed by atoms with Crippen molar-refractivity contribution in [3.63, 3.8) is 0 Å². The van der Waals surface area contributed by atoms with E-state index in [0.29, 0.717) is 0 Å². The van der Waals surface area contributed by atoms with Crippen molar-refractivity contribution in [3.8, 4) is 0 Å². The molecule has 0 heterocycles. The molecule has 0 rings (SSSR count). The van der Waals surface area contributed by atoms with Crippen LogP contribution in [-0.4, -0.2) is 13.6 Å². The number of hydrogen-bond donors (Lipinski definition) is 0. The van der Waals surface area contributed by atoms with Crippen LogP contribution in [0.2, 0.25) is 0 Å². The third-order valence-corrected chi connectivity index (χ3v) is 0.641. The van der Waals surface area contributed by atoms with Crippen molar-refractivity contribution in [2.24, 2.45) is 0 Å². The number of hydrogen-bond acceptors (Lipinski definition) is 1. The molecule has 0 atom stereocenters. The maximum absolute atomic E-state index is 3.89. The summed E-state index contributed by atoms with van der Waals surface area (Å²) in [7, 11) is 1.84. The van der Waals surface area contributed by atoms with E-state index in [0.717, 1.165) is 13.0 Å². The van der Waals surface area contributed by atoms with Crippen LogP contribution in [-0.2, 0) is 33.6 Å². The van der Waals surface area contributed by atoms with Crippen LogP contribution < -0.4 is 0 Å². The topological polar surface area (TPSA) is 14.1 Å². The zero-order chi connectivity index (χ0) is 4.83. The number of thiol groups is 1. The first kappa shape index (κ1) is 22.5.